The average Bonchev–Trinajstić information content (AvgIpc) is 2.28. The second-order valence-corrected chi connectivity index (χ2v) is 4.37. The van der Waals surface area contributed by atoms with Gasteiger partial charge >= 0.3 is 6.03 Å². The molecule has 18 heavy (non-hydrogen) atoms. The van der Waals surface area contributed by atoms with Crippen molar-refractivity contribution >= 4 is 6.03 Å². The van der Waals surface area contributed by atoms with Gasteiger partial charge in [0.25, 0.3) is 0 Å². The SMILES string of the molecule is CN(C)CCNC(=O)NCCc1cccc(F)c1. The summed E-state index contributed by atoms with van der Waals surface area (Å²) in [6, 6.07) is 6.21. The lowest BCUT2D eigenvalue weighted by atomic mass is 10.1. The van der Waals surface area contributed by atoms with Crippen LogP contribution in [-0.4, -0.2) is 44.7 Å². The predicted molar refractivity (Wildman–Crippen MR) is 70.1 cm³/mol. The number of benzene rings is 1. The number of carbonyl (C=O) groups excluding carboxylic acids is 1. The third kappa shape index (κ3) is 6.20. The van der Waals surface area contributed by atoms with Crippen LogP contribution in [0.25, 0.3) is 0 Å². The van der Waals surface area contributed by atoms with Gasteiger partial charge in [-0.1, -0.05) is 12.1 Å². The Balaban J connectivity index is 2.15. The van der Waals surface area contributed by atoms with Crippen molar-refractivity contribution in [2.24, 2.45) is 0 Å². The molecular weight excluding hydrogens is 233 g/mol. The molecule has 2 amide bonds. The Morgan fingerprint density at radius 2 is 2.00 bits per heavy atom. The molecular formula is C13H20FN3O. The van der Waals surface area contributed by atoms with E-state index in [0.717, 1.165) is 12.1 Å². The molecule has 1 aromatic carbocycles. The molecule has 0 saturated carbocycles. The van der Waals surface area contributed by atoms with E-state index in [1.807, 2.05) is 25.1 Å². The molecule has 0 spiro atoms. The standard InChI is InChI=1S/C13H20FN3O/c1-17(2)9-8-16-13(18)15-7-6-11-4-3-5-12(14)10-11/h3-5,10H,6-9H2,1-2H3,(H2,15,16,18). The van der Waals surface area contributed by atoms with E-state index in [2.05, 4.69) is 10.6 Å². The molecule has 0 aliphatic heterocycles. The van der Waals surface area contributed by atoms with E-state index in [1.165, 1.54) is 12.1 Å². The van der Waals surface area contributed by atoms with Crippen LogP contribution >= 0.6 is 0 Å². The second kappa shape index (κ2) is 7.66. The van der Waals surface area contributed by atoms with E-state index >= 15 is 0 Å². The van der Waals surface area contributed by atoms with Gasteiger partial charge in [-0.05, 0) is 38.2 Å². The Bertz CT molecular complexity index is 382. The fourth-order valence-corrected chi connectivity index (χ4v) is 1.47. The molecule has 0 fully saturated rings. The molecule has 0 radical (unpaired) electrons. The van der Waals surface area contributed by atoms with Crippen LogP contribution in [0, 0.1) is 5.82 Å². The third-order valence-electron chi connectivity index (χ3n) is 2.43. The lowest BCUT2D eigenvalue weighted by molar-refractivity contribution is 0.239. The van der Waals surface area contributed by atoms with Gasteiger partial charge in [0.1, 0.15) is 5.82 Å². The second-order valence-electron chi connectivity index (χ2n) is 4.37. The van der Waals surface area contributed by atoms with Crippen molar-refractivity contribution < 1.29 is 9.18 Å². The molecule has 0 unspecified atom stereocenters. The first kappa shape index (κ1) is 14.4. The maximum atomic E-state index is 12.9. The van der Waals surface area contributed by atoms with Crippen LogP contribution in [0.2, 0.25) is 0 Å². The van der Waals surface area contributed by atoms with E-state index in [-0.39, 0.29) is 11.8 Å². The fraction of sp³-hybridized carbons (Fsp3) is 0.462. The minimum absolute atomic E-state index is 0.187. The highest BCUT2D eigenvalue weighted by atomic mass is 19.1. The van der Waals surface area contributed by atoms with Crippen LogP contribution < -0.4 is 10.6 Å². The molecule has 0 heterocycles. The van der Waals surface area contributed by atoms with Gasteiger partial charge in [-0.15, -0.1) is 0 Å². The van der Waals surface area contributed by atoms with Crippen LogP contribution in [0.4, 0.5) is 9.18 Å². The Hall–Kier alpha value is -1.62. The monoisotopic (exact) mass is 253 g/mol. The van der Waals surface area contributed by atoms with Crippen LogP contribution in [0.1, 0.15) is 5.56 Å². The van der Waals surface area contributed by atoms with Gasteiger partial charge in [0.15, 0.2) is 0 Å². The lowest BCUT2D eigenvalue weighted by Crippen LogP contribution is -2.39. The number of nitrogens with zero attached hydrogens (tertiary/aromatic N) is 1. The Morgan fingerprint density at radius 3 is 2.67 bits per heavy atom. The molecule has 0 atom stereocenters. The van der Waals surface area contributed by atoms with Crippen molar-refractivity contribution in [3.05, 3.63) is 35.6 Å². The quantitative estimate of drug-likeness (QED) is 0.801. The highest BCUT2D eigenvalue weighted by molar-refractivity contribution is 5.73. The normalized spacial score (nSPS) is 10.4. The van der Waals surface area contributed by atoms with E-state index in [4.69, 9.17) is 0 Å². The highest BCUT2D eigenvalue weighted by Gasteiger charge is 2.00. The lowest BCUT2D eigenvalue weighted by Gasteiger charge is -2.11. The Labute approximate surface area is 107 Å². The molecule has 100 valence electrons. The van der Waals surface area contributed by atoms with E-state index in [1.54, 1.807) is 6.07 Å². The van der Waals surface area contributed by atoms with Gasteiger partial charge < -0.3 is 15.5 Å². The van der Waals surface area contributed by atoms with E-state index < -0.39 is 0 Å². The molecule has 0 aliphatic carbocycles. The minimum Gasteiger partial charge on any atom is -0.338 e. The van der Waals surface area contributed by atoms with Gasteiger partial charge in [-0.25, -0.2) is 9.18 Å². The topological polar surface area (TPSA) is 44.4 Å². The van der Waals surface area contributed by atoms with Crippen LogP contribution in [0.3, 0.4) is 0 Å². The molecule has 0 bridgehead atoms. The fourth-order valence-electron chi connectivity index (χ4n) is 1.47. The number of hydrogen-bond acceptors (Lipinski definition) is 2. The summed E-state index contributed by atoms with van der Waals surface area (Å²) in [7, 11) is 3.90. The smallest absolute Gasteiger partial charge is 0.314 e. The van der Waals surface area contributed by atoms with E-state index in [0.29, 0.717) is 19.5 Å². The van der Waals surface area contributed by atoms with Crippen molar-refractivity contribution in [3.63, 3.8) is 0 Å². The number of likely N-dealkylation sites (N-methyl/N-ethyl adjacent to an activating group) is 1. The molecule has 5 heteroatoms. The number of amides is 2. The van der Waals surface area contributed by atoms with Crippen molar-refractivity contribution in [2.75, 3.05) is 33.7 Å². The maximum Gasteiger partial charge on any atom is 0.314 e. The zero-order valence-corrected chi connectivity index (χ0v) is 10.9. The summed E-state index contributed by atoms with van der Waals surface area (Å²) in [5.74, 6) is -0.247. The summed E-state index contributed by atoms with van der Waals surface area (Å²) in [4.78, 5) is 13.4. The van der Waals surface area contributed by atoms with Crippen molar-refractivity contribution in [2.45, 2.75) is 6.42 Å². The van der Waals surface area contributed by atoms with Crippen LogP contribution in [0.15, 0.2) is 24.3 Å². The number of halogens is 1. The summed E-state index contributed by atoms with van der Waals surface area (Å²) in [6.45, 7) is 1.91. The first-order chi connectivity index (χ1) is 8.58. The Kier molecular flexibility index (Phi) is 6.14. The molecule has 2 N–H and O–H groups in total. The maximum absolute atomic E-state index is 12.9. The van der Waals surface area contributed by atoms with Crippen molar-refractivity contribution in [3.8, 4) is 0 Å². The molecule has 1 rings (SSSR count). The van der Waals surface area contributed by atoms with Gasteiger partial charge in [0.05, 0.1) is 0 Å². The van der Waals surface area contributed by atoms with Crippen LogP contribution in [-0.2, 0) is 6.42 Å². The molecule has 1 aromatic rings. The first-order valence-corrected chi connectivity index (χ1v) is 5.99. The number of rotatable bonds is 6. The molecule has 0 saturated heterocycles. The summed E-state index contributed by atoms with van der Waals surface area (Å²) in [6.07, 6.45) is 0.624. The summed E-state index contributed by atoms with van der Waals surface area (Å²) >= 11 is 0. The number of carbonyl (C=O) groups is 1. The minimum atomic E-state index is -0.247. The summed E-state index contributed by atoms with van der Waals surface area (Å²) < 4.78 is 12.9. The Morgan fingerprint density at radius 1 is 1.28 bits per heavy atom. The molecule has 0 aromatic heterocycles. The molecule has 4 nitrogen and oxygen atoms in total. The van der Waals surface area contributed by atoms with Gasteiger partial charge in [-0.3, -0.25) is 0 Å². The van der Waals surface area contributed by atoms with Crippen LogP contribution in [0.5, 0.6) is 0 Å². The zero-order chi connectivity index (χ0) is 13.4. The van der Waals surface area contributed by atoms with E-state index in [9.17, 15) is 9.18 Å². The summed E-state index contributed by atoms with van der Waals surface area (Å²) in [5, 5.41) is 5.48. The predicted octanol–water partition coefficient (Wildman–Crippen LogP) is 1.23. The largest absolute Gasteiger partial charge is 0.338 e. The number of hydrogen-bond donors (Lipinski definition) is 2. The number of urea groups is 1. The van der Waals surface area contributed by atoms with Gasteiger partial charge in [0.2, 0.25) is 0 Å². The van der Waals surface area contributed by atoms with Crippen molar-refractivity contribution in [1.29, 1.82) is 0 Å². The molecule has 0 aliphatic rings. The third-order valence-corrected chi connectivity index (χ3v) is 2.43. The average molecular weight is 253 g/mol. The zero-order valence-electron chi connectivity index (χ0n) is 10.9. The summed E-state index contributed by atoms with van der Waals surface area (Å²) in [5.41, 5.74) is 0.878. The van der Waals surface area contributed by atoms with Gasteiger partial charge in [0, 0.05) is 19.6 Å². The number of nitrogens with one attached hydrogen (secondary N) is 2. The van der Waals surface area contributed by atoms with Crippen molar-refractivity contribution in [1.82, 2.24) is 15.5 Å². The van der Waals surface area contributed by atoms with Gasteiger partial charge in [-0.2, -0.15) is 0 Å². The highest BCUT2D eigenvalue weighted by Crippen LogP contribution is 2.03. The first-order valence-electron chi connectivity index (χ1n) is 5.99.